The van der Waals surface area contributed by atoms with E-state index >= 15 is 0 Å². The number of nitrogens with one attached hydrogen (secondary N) is 1. The number of benzene rings is 2. The standard InChI is InChI=1S/C18H18Cl2N2O4S/c19-16-7-6-14(11-17(16)20)26-12-18(23)21-13-4-3-5-15(10-13)27(24,25)22-8-1-2-9-22/h3-7,10-11H,1-2,8-9,12H2,(H,21,23). The van der Waals surface area contributed by atoms with Crippen LogP contribution in [0.5, 0.6) is 5.75 Å². The largest absolute Gasteiger partial charge is 0.484 e. The third-order valence-corrected chi connectivity index (χ3v) is 6.72. The summed E-state index contributed by atoms with van der Waals surface area (Å²) in [4.78, 5) is 12.3. The summed E-state index contributed by atoms with van der Waals surface area (Å²) in [5.41, 5.74) is 0.387. The summed E-state index contributed by atoms with van der Waals surface area (Å²) in [5, 5.41) is 3.36. The van der Waals surface area contributed by atoms with Crippen LogP contribution in [0.4, 0.5) is 5.69 Å². The van der Waals surface area contributed by atoms with Gasteiger partial charge in [0.2, 0.25) is 10.0 Å². The molecule has 144 valence electrons. The molecule has 6 nitrogen and oxygen atoms in total. The van der Waals surface area contributed by atoms with Gasteiger partial charge in [0.05, 0.1) is 14.9 Å². The molecule has 9 heteroatoms. The van der Waals surface area contributed by atoms with Crippen LogP contribution < -0.4 is 10.1 Å². The molecule has 0 radical (unpaired) electrons. The minimum absolute atomic E-state index is 0.160. The molecule has 0 aromatic heterocycles. The molecule has 0 aliphatic carbocycles. The van der Waals surface area contributed by atoms with E-state index in [1.807, 2.05) is 0 Å². The van der Waals surface area contributed by atoms with Gasteiger partial charge in [-0.3, -0.25) is 4.79 Å². The van der Waals surface area contributed by atoms with Crippen molar-refractivity contribution in [3.63, 3.8) is 0 Å². The average Bonchev–Trinajstić information content (AvgIpc) is 3.18. The van der Waals surface area contributed by atoms with Crippen LogP contribution in [-0.4, -0.2) is 38.3 Å². The van der Waals surface area contributed by atoms with Gasteiger partial charge in [-0.1, -0.05) is 29.3 Å². The van der Waals surface area contributed by atoms with Crippen molar-refractivity contribution in [2.24, 2.45) is 0 Å². The lowest BCUT2D eigenvalue weighted by atomic mass is 10.3. The SMILES string of the molecule is O=C(COc1ccc(Cl)c(Cl)c1)Nc1cccc(S(=O)(=O)N2CCCC2)c1. The van der Waals surface area contributed by atoms with E-state index in [-0.39, 0.29) is 11.5 Å². The van der Waals surface area contributed by atoms with Crippen LogP contribution in [-0.2, 0) is 14.8 Å². The molecule has 1 aliphatic heterocycles. The normalized spacial score (nSPS) is 14.9. The fourth-order valence-electron chi connectivity index (χ4n) is 2.72. The first-order valence-electron chi connectivity index (χ1n) is 8.34. The number of sulfonamides is 1. The Morgan fingerprint density at radius 2 is 1.81 bits per heavy atom. The van der Waals surface area contributed by atoms with Crippen LogP contribution in [0.2, 0.25) is 10.0 Å². The maximum atomic E-state index is 12.6. The topological polar surface area (TPSA) is 75.7 Å². The van der Waals surface area contributed by atoms with E-state index in [0.717, 1.165) is 12.8 Å². The second kappa shape index (κ2) is 8.48. The maximum Gasteiger partial charge on any atom is 0.262 e. The molecular formula is C18H18Cl2N2O4S. The van der Waals surface area contributed by atoms with Crippen LogP contribution >= 0.6 is 23.2 Å². The quantitative estimate of drug-likeness (QED) is 0.758. The van der Waals surface area contributed by atoms with Crippen molar-refractivity contribution >= 4 is 44.8 Å². The Bertz CT molecular complexity index is 944. The number of halogens is 2. The van der Waals surface area contributed by atoms with Gasteiger partial charge in [-0.15, -0.1) is 0 Å². The molecule has 1 fully saturated rings. The lowest BCUT2D eigenvalue weighted by Gasteiger charge is -2.16. The molecule has 0 spiro atoms. The van der Waals surface area contributed by atoms with Crippen molar-refractivity contribution in [2.75, 3.05) is 25.0 Å². The summed E-state index contributed by atoms with van der Waals surface area (Å²) in [7, 11) is -3.54. The summed E-state index contributed by atoms with van der Waals surface area (Å²) in [6, 6.07) is 10.9. The number of carbonyl (C=O) groups excluding carboxylic acids is 1. The molecule has 1 N–H and O–H groups in total. The van der Waals surface area contributed by atoms with E-state index in [1.54, 1.807) is 24.3 Å². The van der Waals surface area contributed by atoms with Gasteiger partial charge in [0, 0.05) is 24.8 Å². The monoisotopic (exact) mass is 428 g/mol. The number of hydrogen-bond donors (Lipinski definition) is 1. The molecular weight excluding hydrogens is 411 g/mol. The van der Waals surface area contributed by atoms with Gasteiger partial charge in [0.15, 0.2) is 6.61 Å². The molecule has 1 aliphatic rings. The number of hydrogen-bond acceptors (Lipinski definition) is 4. The first-order valence-corrected chi connectivity index (χ1v) is 10.5. The van der Waals surface area contributed by atoms with Gasteiger partial charge in [-0.05, 0) is 43.2 Å². The number of carbonyl (C=O) groups is 1. The Morgan fingerprint density at radius 3 is 2.52 bits per heavy atom. The Kier molecular flexibility index (Phi) is 6.26. The van der Waals surface area contributed by atoms with Crippen molar-refractivity contribution in [3.8, 4) is 5.75 Å². The number of ether oxygens (including phenoxy) is 1. The van der Waals surface area contributed by atoms with E-state index in [2.05, 4.69) is 5.32 Å². The van der Waals surface area contributed by atoms with Gasteiger partial charge in [0.25, 0.3) is 5.91 Å². The maximum absolute atomic E-state index is 12.6. The van der Waals surface area contributed by atoms with Crippen molar-refractivity contribution in [1.82, 2.24) is 4.31 Å². The van der Waals surface area contributed by atoms with Gasteiger partial charge >= 0.3 is 0 Å². The van der Waals surface area contributed by atoms with Gasteiger partial charge in [-0.25, -0.2) is 8.42 Å². The molecule has 1 saturated heterocycles. The zero-order valence-corrected chi connectivity index (χ0v) is 16.6. The number of anilines is 1. The summed E-state index contributed by atoms with van der Waals surface area (Å²) in [5.74, 6) is -0.0123. The minimum atomic E-state index is -3.54. The predicted octanol–water partition coefficient (Wildman–Crippen LogP) is 3.80. The van der Waals surface area contributed by atoms with Crippen molar-refractivity contribution in [3.05, 3.63) is 52.5 Å². The molecule has 3 rings (SSSR count). The molecule has 1 amide bonds. The highest BCUT2D eigenvalue weighted by Crippen LogP contribution is 2.26. The van der Waals surface area contributed by atoms with Crippen LogP contribution in [0.1, 0.15) is 12.8 Å². The van der Waals surface area contributed by atoms with E-state index in [4.69, 9.17) is 27.9 Å². The van der Waals surface area contributed by atoms with Gasteiger partial charge in [-0.2, -0.15) is 4.31 Å². The Hall–Kier alpha value is -1.80. The zero-order chi connectivity index (χ0) is 19.4. The van der Waals surface area contributed by atoms with E-state index in [9.17, 15) is 13.2 Å². The predicted molar refractivity (Wildman–Crippen MR) is 105 cm³/mol. The lowest BCUT2D eigenvalue weighted by Crippen LogP contribution is -2.28. The second-order valence-corrected chi connectivity index (χ2v) is 8.80. The van der Waals surface area contributed by atoms with Crippen LogP contribution in [0.15, 0.2) is 47.4 Å². The van der Waals surface area contributed by atoms with Crippen LogP contribution in [0, 0.1) is 0 Å². The summed E-state index contributed by atoms with van der Waals surface area (Å²) >= 11 is 11.7. The van der Waals surface area contributed by atoms with Crippen molar-refractivity contribution in [1.29, 1.82) is 0 Å². The van der Waals surface area contributed by atoms with Crippen molar-refractivity contribution < 1.29 is 17.9 Å². The van der Waals surface area contributed by atoms with E-state index in [0.29, 0.717) is 34.6 Å². The number of amides is 1. The van der Waals surface area contributed by atoms with Crippen LogP contribution in [0.3, 0.4) is 0 Å². The fourth-order valence-corrected chi connectivity index (χ4v) is 4.58. The lowest BCUT2D eigenvalue weighted by molar-refractivity contribution is -0.118. The zero-order valence-electron chi connectivity index (χ0n) is 14.3. The first-order chi connectivity index (χ1) is 12.9. The molecule has 0 bridgehead atoms. The van der Waals surface area contributed by atoms with Crippen LogP contribution in [0.25, 0.3) is 0 Å². The van der Waals surface area contributed by atoms with E-state index in [1.165, 1.54) is 22.5 Å². The Labute approximate surface area is 168 Å². The van der Waals surface area contributed by atoms with Crippen molar-refractivity contribution in [2.45, 2.75) is 17.7 Å². The van der Waals surface area contributed by atoms with E-state index < -0.39 is 15.9 Å². The molecule has 0 atom stereocenters. The fraction of sp³-hybridized carbons (Fsp3) is 0.278. The molecule has 0 unspecified atom stereocenters. The average molecular weight is 429 g/mol. The smallest absolute Gasteiger partial charge is 0.262 e. The molecule has 27 heavy (non-hydrogen) atoms. The highest BCUT2D eigenvalue weighted by Gasteiger charge is 2.27. The van der Waals surface area contributed by atoms with Gasteiger partial charge < -0.3 is 10.1 Å². The Morgan fingerprint density at radius 1 is 1.07 bits per heavy atom. The summed E-state index contributed by atoms with van der Waals surface area (Å²) in [6.07, 6.45) is 1.73. The number of nitrogens with zero attached hydrogens (tertiary/aromatic N) is 1. The summed E-state index contributed by atoms with van der Waals surface area (Å²) in [6.45, 7) is 0.799. The molecule has 1 heterocycles. The highest BCUT2D eigenvalue weighted by atomic mass is 35.5. The molecule has 2 aromatic rings. The first kappa shape index (κ1) is 19.9. The number of rotatable bonds is 6. The third-order valence-electron chi connectivity index (χ3n) is 4.08. The third kappa shape index (κ3) is 4.93. The molecule has 2 aromatic carbocycles. The summed E-state index contributed by atoms with van der Waals surface area (Å²) < 4.78 is 32.0. The minimum Gasteiger partial charge on any atom is -0.484 e. The second-order valence-electron chi connectivity index (χ2n) is 6.05. The Balaban J connectivity index is 1.63. The van der Waals surface area contributed by atoms with Gasteiger partial charge in [0.1, 0.15) is 5.75 Å². The molecule has 0 saturated carbocycles. The highest BCUT2D eigenvalue weighted by molar-refractivity contribution is 7.89.